The number of carbonyl (C=O) groups is 2. The van der Waals surface area contributed by atoms with Crippen LogP contribution >= 0.6 is 12.2 Å². The molecular weight excluding hydrogens is 288 g/mol. The molecule has 0 N–H and O–H groups in total. The van der Waals surface area contributed by atoms with Crippen LogP contribution in [0.1, 0.15) is 19.6 Å². The van der Waals surface area contributed by atoms with Crippen molar-refractivity contribution < 1.29 is 14.0 Å². The standard InChI is InChI=1S/C15H16N2O3S/c1-3-16-13(18)12(14(19)17(4-2)15(16)21)9-5-7-11-8-6-10-20-11/h5-10H,3-4H2,1-2H3/b7-5+. The largest absolute Gasteiger partial charge is 0.465 e. The second kappa shape index (κ2) is 6.49. The van der Waals surface area contributed by atoms with E-state index >= 15 is 0 Å². The molecule has 5 nitrogen and oxygen atoms in total. The molecule has 0 aliphatic carbocycles. The summed E-state index contributed by atoms with van der Waals surface area (Å²) in [6.07, 6.45) is 6.37. The number of carbonyl (C=O) groups excluding carboxylic acids is 2. The van der Waals surface area contributed by atoms with Crippen molar-refractivity contribution in [2.75, 3.05) is 13.1 Å². The van der Waals surface area contributed by atoms with Gasteiger partial charge in [-0.05, 0) is 50.4 Å². The van der Waals surface area contributed by atoms with E-state index in [9.17, 15) is 9.59 Å². The summed E-state index contributed by atoms with van der Waals surface area (Å²) in [7, 11) is 0. The van der Waals surface area contributed by atoms with Crippen LogP contribution in [-0.2, 0) is 9.59 Å². The summed E-state index contributed by atoms with van der Waals surface area (Å²) in [4.78, 5) is 27.4. The lowest BCUT2D eigenvalue weighted by Gasteiger charge is -2.35. The first-order chi connectivity index (χ1) is 10.1. The Hall–Kier alpha value is -2.21. The van der Waals surface area contributed by atoms with E-state index in [0.29, 0.717) is 18.8 Å². The summed E-state index contributed by atoms with van der Waals surface area (Å²) < 4.78 is 5.15. The second-order valence-electron chi connectivity index (χ2n) is 4.34. The van der Waals surface area contributed by atoms with Gasteiger partial charge < -0.3 is 4.42 Å². The van der Waals surface area contributed by atoms with Crippen LogP contribution in [0.15, 0.2) is 40.5 Å². The molecule has 6 heteroatoms. The predicted molar refractivity (Wildman–Crippen MR) is 83.2 cm³/mol. The Labute approximate surface area is 128 Å². The van der Waals surface area contributed by atoms with Gasteiger partial charge in [-0.15, -0.1) is 0 Å². The van der Waals surface area contributed by atoms with Crippen LogP contribution in [0.4, 0.5) is 0 Å². The number of amides is 2. The number of hydrogen-bond donors (Lipinski definition) is 0. The van der Waals surface area contributed by atoms with Crippen LogP contribution in [-0.4, -0.2) is 39.8 Å². The van der Waals surface area contributed by atoms with Crippen LogP contribution < -0.4 is 0 Å². The number of hydrogen-bond acceptors (Lipinski definition) is 4. The molecule has 21 heavy (non-hydrogen) atoms. The predicted octanol–water partition coefficient (Wildman–Crippen LogP) is 2.21. The van der Waals surface area contributed by atoms with E-state index in [0.717, 1.165) is 0 Å². The van der Waals surface area contributed by atoms with E-state index in [1.54, 1.807) is 30.5 Å². The first-order valence-electron chi connectivity index (χ1n) is 6.69. The Bertz CT molecular complexity index is 589. The summed E-state index contributed by atoms with van der Waals surface area (Å²) >= 11 is 5.18. The van der Waals surface area contributed by atoms with Crippen LogP contribution in [0, 0.1) is 0 Å². The lowest BCUT2D eigenvalue weighted by Crippen LogP contribution is -2.55. The SMILES string of the molecule is CCN1C(=O)C(=C/C=C/c2ccco2)C(=O)N(CC)C1=S. The maximum atomic E-state index is 12.3. The topological polar surface area (TPSA) is 53.8 Å². The second-order valence-corrected chi connectivity index (χ2v) is 4.70. The van der Waals surface area contributed by atoms with Crippen LogP contribution in [0.25, 0.3) is 6.08 Å². The van der Waals surface area contributed by atoms with E-state index in [1.165, 1.54) is 15.9 Å². The van der Waals surface area contributed by atoms with Crippen LogP contribution in [0.5, 0.6) is 0 Å². The van der Waals surface area contributed by atoms with Gasteiger partial charge in [0.05, 0.1) is 6.26 Å². The van der Waals surface area contributed by atoms with Gasteiger partial charge in [-0.1, -0.05) is 6.08 Å². The van der Waals surface area contributed by atoms with Crippen molar-refractivity contribution in [3.05, 3.63) is 41.9 Å². The Morgan fingerprint density at radius 1 is 1.19 bits per heavy atom. The van der Waals surface area contributed by atoms with E-state index < -0.39 is 0 Å². The Morgan fingerprint density at radius 2 is 1.81 bits per heavy atom. The molecule has 0 aromatic carbocycles. The van der Waals surface area contributed by atoms with E-state index in [1.807, 2.05) is 13.8 Å². The van der Waals surface area contributed by atoms with Gasteiger partial charge in [-0.3, -0.25) is 19.4 Å². The van der Waals surface area contributed by atoms with Gasteiger partial charge in [-0.2, -0.15) is 0 Å². The Morgan fingerprint density at radius 3 is 2.29 bits per heavy atom. The molecule has 0 radical (unpaired) electrons. The molecule has 0 saturated carbocycles. The van der Waals surface area contributed by atoms with E-state index in [2.05, 4.69) is 0 Å². The molecule has 1 aliphatic rings. The average molecular weight is 304 g/mol. The number of allylic oxidation sites excluding steroid dienone is 2. The summed E-state index contributed by atoms with van der Waals surface area (Å²) in [5.74, 6) is -0.0691. The van der Waals surface area contributed by atoms with Gasteiger partial charge in [0.25, 0.3) is 11.8 Å². The molecule has 1 aromatic heterocycles. The number of furan rings is 1. The maximum Gasteiger partial charge on any atom is 0.265 e. The quantitative estimate of drug-likeness (QED) is 0.486. The minimum atomic E-state index is -0.360. The summed E-state index contributed by atoms with van der Waals surface area (Å²) in [5, 5.41) is 0.266. The van der Waals surface area contributed by atoms with Crippen molar-refractivity contribution >= 4 is 35.2 Å². The third-order valence-corrected chi connectivity index (χ3v) is 3.55. The normalized spacial score (nSPS) is 16.3. The zero-order valence-corrected chi connectivity index (χ0v) is 12.7. The zero-order valence-electron chi connectivity index (χ0n) is 11.9. The first kappa shape index (κ1) is 15.2. The monoisotopic (exact) mass is 304 g/mol. The van der Waals surface area contributed by atoms with Crippen molar-refractivity contribution in [1.82, 2.24) is 9.80 Å². The summed E-state index contributed by atoms with van der Waals surface area (Å²) in [6, 6.07) is 3.55. The molecule has 2 rings (SSSR count). The molecular formula is C15H16N2O3S. The lowest BCUT2D eigenvalue weighted by molar-refractivity contribution is -0.133. The third-order valence-electron chi connectivity index (χ3n) is 3.11. The van der Waals surface area contributed by atoms with Crippen molar-refractivity contribution in [3.63, 3.8) is 0 Å². The highest BCUT2D eigenvalue weighted by atomic mass is 32.1. The molecule has 2 amide bonds. The molecule has 1 aliphatic heterocycles. The summed E-state index contributed by atoms with van der Waals surface area (Å²) in [6.45, 7) is 4.51. The van der Waals surface area contributed by atoms with E-state index in [4.69, 9.17) is 16.6 Å². The number of nitrogens with zero attached hydrogens (tertiary/aromatic N) is 2. The molecule has 1 saturated heterocycles. The fraction of sp³-hybridized carbons (Fsp3) is 0.267. The van der Waals surface area contributed by atoms with Crippen molar-refractivity contribution in [1.29, 1.82) is 0 Å². The summed E-state index contributed by atoms with van der Waals surface area (Å²) in [5.41, 5.74) is 0.107. The molecule has 2 heterocycles. The molecule has 0 unspecified atom stereocenters. The van der Waals surface area contributed by atoms with Gasteiger partial charge in [0.1, 0.15) is 11.3 Å². The maximum absolute atomic E-state index is 12.3. The van der Waals surface area contributed by atoms with Gasteiger partial charge >= 0.3 is 0 Å². The van der Waals surface area contributed by atoms with Crippen molar-refractivity contribution in [2.45, 2.75) is 13.8 Å². The highest BCUT2D eigenvalue weighted by Crippen LogP contribution is 2.17. The molecule has 1 fully saturated rings. The molecule has 0 bridgehead atoms. The number of thiocarbonyl (C=S) groups is 1. The zero-order chi connectivity index (χ0) is 15.4. The van der Waals surface area contributed by atoms with E-state index in [-0.39, 0.29) is 22.5 Å². The lowest BCUT2D eigenvalue weighted by atomic mass is 10.1. The first-order valence-corrected chi connectivity index (χ1v) is 7.10. The molecule has 110 valence electrons. The minimum absolute atomic E-state index is 0.107. The Balaban J connectivity index is 2.29. The fourth-order valence-corrected chi connectivity index (χ4v) is 2.45. The third kappa shape index (κ3) is 2.95. The Kier molecular flexibility index (Phi) is 4.70. The molecule has 0 atom stereocenters. The highest BCUT2D eigenvalue weighted by Gasteiger charge is 2.37. The van der Waals surface area contributed by atoms with Gasteiger partial charge in [-0.25, -0.2) is 0 Å². The van der Waals surface area contributed by atoms with Gasteiger partial charge in [0.15, 0.2) is 5.11 Å². The smallest absolute Gasteiger partial charge is 0.265 e. The number of rotatable bonds is 4. The van der Waals surface area contributed by atoms with Crippen molar-refractivity contribution in [2.24, 2.45) is 0 Å². The molecule has 1 aromatic rings. The number of likely N-dealkylation sites (N-methyl/N-ethyl adjacent to an activating group) is 2. The van der Waals surface area contributed by atoms with Crippen LogP contribution in [0.3, 0.4) is 0 Å². The van der Waals surface area contributed by atoms with Crippen molar-refractivity contribution in [3.8, 4) is 0 Å². The van der Waals surface area contributed by atoms with Crippen LogP contribution in [0.2, 0.25) is 0 Å². The van der Waals surface area contributed by atoms with Gasteiger partial charge in [0.2, 0.25) is 0 Å². The molecule has 0 spiro atoms. The minimum Gasteiger partial charge on any atom is -0.465 e. The van der Waals surface area contributed by atoms with Gasteiger partial charge in [0, 0.05) is 13.1 Å². The average Bonchev–Trinajstić information content (AvgIpc) is 2.97. The highest BCUT2D eigenvalue weighted by molar-refractivity contribution is 7.80. The fourth-order valence-electron chi connectivity index (χ4n) is 2.03.